The van der Waals surface area contributed by atoms with Gasteiger partial charge in [-0.15, -0.1) is 0 Å². The van der Waals surface area contributed by atoms with Gasteiger partial charge in [-0.1, -0.05) is 33.6 Å². The van der Waals surface area contributed by atoms with Crippen LogP contribution in [-0.4, -0.2) is 18.1 Å². The van der Waals surface area contributed by atoms with Gasteiger partial charge < -0.3 is 10.5 Å². The molecular formula is C13H25NO2. The van der Waals surface area contributed by atoms with Crippen molar-refractivity contribution < 1.29 is 9.53 Å². The van der Waals surface area contributed by atoms with E-state index in [-0.39, 0.29) is 18.0 Å². The highest BCUT2D eigenvalue weighted by Gasteiger charge is 2.28. The number of carbonyl (C=O) groups is 1. The zero-order valence-electron chi connectivity index (χ0n) is 10.7. The smallest absolute Gasteiger partial charge is 0.323 e. The first-order valence-electron chi connectivity index (χ1n) is 6.52. The van der Waals surface area contributed by atoms with Crippen LogP contribution in [0.5, 0.6) is 0 Å². The monoisotopic (exact) mass is 227 g/mol. The number of hydrogen-bond donors (Lipinski definition) is 1. The molecule has 0 bridgehead atoms. The molecule has 1 saturated carbocycles. The summed E-state index contributed by atoms with van der Waals surface area (Å²) >= 11 is 0. The van der Waals surface area contributed by atoms with Gasteiger partial charge >= 0.3 is 5.97 Å². The summed E-state index contributed by atoms with van der Waals surface area (Å²) in [6.07, 6.45) is 5.59. The molecule has 0 aromatic rings. The van der Waals surface area contributed by atoms with Crippen LogP contribution in [0.3, 0.4) is 0 Å². The van der Waals surface area contributed by atoms with Crippen LogP contribution in [0.4, 0.5) is 0 Å². The van der Waals surface area contributed by atoms with Crippen molar-refractivity contribution in [2.45, 2.75) is 65.0 Å². The lowest BCUT2D eigenvalue weighted by atomic mass is 9.88. The molecule has 3 nitrogen and oxygen atoms in total. The molecule has 0 saturated heterocycles. The van der Waals surface area contributed by atoms with E-state index in [0.717, 1.165) is 19.3 Å². The minimum Gasteiger partial charge on any atom is -0.461 e. The van der Waals surface area contributed by atoms with Crippen LogP contribution >= 0.6 is 0 Å². The second-order valence-electron chi connectivity index (χ2n) is 5.15. The molecule has 4 atom stereocenters. The molecule has 0 radical (unpaired) electrons. The second-order valence-corrected chi connectivity index (χ2v) is 5.15. The Balaban J connectivity index is 2.43. The van der Waals surface area contributed by atoms with Crippen molar-refractivity contribution in [2.75, 3.05) is 0 Å². The lowest BCUT2D eigenvalue weighted by Crippen LogP contribution is -2.41. The lowest BCUT2D eigenvalue weighted by Gasteiger charge is -2.30. The van der Waals surface area contributed by atoms with Gasteiger partial charge in [0.1, 0.15) is 12.1 Å². The van der Waals surface area contributed by atoms with E-state index in [9.17, 15) is 4.79 Å². The zero-order chi connectivity index (χ0) is 12.1. The van der Waals surface area contributed by atoms with Gasteiger partial charge in [-0.25, -0.2) is 0 Å². The van der Waals surface area contributed by atoms with Gasteiger partial charge in [0, 0.05) is 0 Å². The van der Waals surface area contributed by atoms with Gasteiger partial charge in [0.05, 0.1) is 0 Å². The van der Waals surface area contributed by atoms with Crippen LogP contribution in [0.25, 0.3) is 0 Å². The standard InChI is InChI=1S/C13H25NO2/c1-4-9(2)12(14)13(15)16-11-8-6-5-7-10(11)3/h9-12H,4-8,14H2,1-3H3/t9?,10?,11?,12-/m0/s1. The summed E-state index contributed by atoms with van der Waals surface area (Å²) in [5.41, 5.74) is 5.86. The van der Waals surface area contributed by atoms with Crippen molar-refractivity contribution >= 4 is 5.97 Å². The average Bonchev–Trinajstić information content (AvgIpc) is 2.30. The molecule has 1 aliphatic rings. The van der Waals surface area contributed by atoms with Gasteiger partial charge in [-0.3, -0.25) is 4.79 Å². The van der Waals surface area contributed by atoms with Crippen LogP contribution in [0.2, 0.25) is 0 Å². The van der Waals surface area contributed by atoms with Crippen molar-refractivity contribution in [1.82, 2.24) is 0 Å². The molecule has 0 aromatic carbocycles. The van der Waals surface area contributed by atoms with Crippen molar-refractivity contribution in [3.8, 4) is 0 Å². The summed E-state index contributed by atoms with van der Waals surface area (Å²) in [7, 11) is 0. The number of rotatable bonds is 4. The highest BCUT2D eigenvalue weighted by Crippen LogP contribution is 2.26. The van der Waals surface area contributed by atoms with Crippen LogP contribution in [0.15, 0.2) is 0 Å². The minimum absolute atomic E-state index is 0.0938. The van der Waals surface area contributed by atoms with Crippen molar-refractivity contribution in [3.05, 3.63) is 0 Å². The zero-order valence-corrected chi connectivity index (χ0v) is 10.7. The summed E-state index contributed by atoms with van der Waals surface area (Å²) in [6, 6.07) is -0.459. The molecule has 0 amide bonds. The Morgan fingerprint density at radius 1 is 1.44 bits per heavy atom. The normalized spacial score (nSPS) is 29.5. The van der Waals surface area contributed by atoms with Crippen LogP contribution in [-0.2, 0) is 9.53 Å². The van der Waals surface area contributed by atoms with E-state index in [4.69, 9.17) is 10.5 Å². The van der Waals surface area contributed by atoms with Crippen molar-refractivity contribution in [3.63, 3.8) is 0 Å². The van der Waals surface area contributed by atoms with Gasteiger partial charge in [-0.2, -0.15) is 0 Å². The molecule has 1 rings (SSSR count). The Labute approximate surface area is 98.7 Å². The van der Waals surface area contributed by atoms with Crippen LogP contribution in [0, 0.1) is 11.8 Å². The summed E-state index contributed by atoms with van der Waals surface area (Å²) in [5, 5.41) is 0. The maximum Gasteiger partial charge on any atom is 0.323 e. The highest BCUT2D eigenvalue weighted by molar-refractivity contribution is 5.76. The summed E-state index contributed by atoms with van der Waals surface area (Å²) in [4.78, 5) is 11.8. The molecular weight excluding hydrogens is 202 g/mol. The molecule has 2 N–H and O–H groups in total. The third kappa shape index (κ3) is 3.48. The number of ether oxygens (including phenoxy) is 1. The fraction of sp³-hybridized carbons (Fsp3) is 0.923. The van der Waals surface area contributed by atoms with E-state index >= 15 is 0 Å². The minimum atomic E-state index is -0.459. The van der Waals surface area contributed by atoms with Crippen LogP contribution < -0.4 is 5.73 Å². The molecule has 3 unspecified atom stereocenters. The summed E-state index contributed by atoms with van der Waals surface area (Å²) < 4.78 is 5.52. The lowest BCUT2D eigenvalue weighted by molar-refractivity contribution is -0.156. The Bertz CT molecular complexity index is 230. The highest BCUT2D eigenvalue weighted by atomic mass is 16.5. The Morgan fingerprint density at radius 3 is 2.62 bits per heavy atom. The van der Waals surface area contributed by atoms with Crippen molar-refractivity contribution in [2.24, 2.45) is 17.6 Å². The molecule has 16 heavy (non-hydrogen) atoms. The van der Waals surface area contributed by atoms with E-state index in [1.807, 2.05) is 13.8 Å². The molecule has 94 valence electrons. The summed E-state index contributed by atoms with van der Waals surface area (Å²) in [6.45, 7) is 6.20. The van der Waals surface area contributed by atoms with Gasteiger partial charge in [0.2, 0.25) is 0 Å². The maximum absolute atomic E-state index is 11.8. The quantitative estimate of drug-likeness (QED) is 0.751. The number of esters is 1. The van der Waals surface area contributed by atoms with Gasteiger partial charge in [0.25, 0.3) is 0 Å². The largest absolute Gasteiger partial charge is 0.461 e. The number of nitrogens with two attached hydrogens (primary N) is 1. The first-order chi connectivity index (χ1) is 7.56. The van der Waals surface area contributed by atoms with E-state index in [2.05, 4.69) is 6.92 Å². The second kappa shape index (κ2) is 6.24. The molecule has 1 aliphatic carbocycles. The fourth-order valence-electron chi connectivity index (χ4n) is 2.17. The predicted molar refractivity (Wildman–Crippen MR) is 64.9 cm³/mol. The van der Waals surface area contributed by atoms with E-state index in [1.54, 1.807) is 0 Å². The Morgan fingerprint density at radius 2 is 2.06 bits per heavy atom. The Hall–Kier alpha value is -0.570. The van der Waals surface area contributed by atoms with E-state index in [0.29, 0.717) is 5.92 Å². The molecule has 0 aliphatic heterocycles. The molecule has 1 fully saturated rings. The first-order valence-corrected chi connectivity index (χ1v) is 6.52. The third-order valence-electron chi connectivity index (χ3n) is 3.83. The van der Waals surface area contributed by atoms with Crippen LogP contribution in [0.1, 0.15) is 52.9 Å². The van der Waals surface area contributed by atoms with Gasteiger partial charge in [0.15, 0.2) is 0 Å². The average molecular weight is 227 g/mol. The number of hydrogen-bond acceptors (Lipinski definition) is 3. The van der Waals surface area contributed by atoms with E-state index < -0.39 is 6.04 Å². The fourth-order valence-corrected chi connectivity index (χ4v) is 2.17. The molecule has 0 spiro atoms. The SMILES string of the molecule is CCC(C)[C@H](N)C(=O)OC1CCCCC1C. The molecule has 0 heterocycles. The molecule has 3 heteroatoms. The van der Waals surface area contributed by atoms with E-state index in [1.165, 1.54) is 12.8 Å². The topological polar surface area (TPSA) is 52.3 Å². The summed E-state index contributed by atoms with van der Waals surface area (Å²) in [5.74, 6) is 0.473. The number of carbonyl (C=O) groups excluding carboxylic acids is 1. The third-order valence-corrected chi connectivity index (χ3v) is 3.83. The first kappa shape index (κ1) is 13.5. The maximum atomic E-state index is 11.8. The Kier molecular flexibility index (Phi) is 5.26. The van der Waals surface area contributed by atoms with Crippen molar-refractivity contribution in [1.29, 1.82) is 0 Å². The predicted octanol–water partition coefficient (Wildman–Crippen LogP) is 2.48. The molecule has 0 aromatic heterocycles. The van der Waals surface area contributed by atoms with Gasteiger partial charge in [-0.05, 0) is 31.1 Å².